The van der Waals surface area contributed by atoms with Gasteiger partial charge in [0.05, 0.1) is 6.61 Å². The third-order valence-electron chi connectivity index (χ3n) is 7.20. The van der Waals surface area contributed by atoms with Crippen molar-refractivity contribution in [3.63, 3.8) is 0 Å². The number of rotatable bonds is 6. The minimum Gasteiger partial charge on any atom is -0.508 e. The normalized spacial score (nSPS) is 24.4. The number of phenols is 1. The summed E-state index contributed by atoms with van der Waals surface area (Å²) < 4.78 is 6.19. The van der Waals surface area contributed by atoms with Crippen LogP contribution in [0.3, 0.4) is 0 Å². The first-order valence-corrected chi connectivity index (χ1v) is 11.8. The Morgan fingerprint density at radius 2 is 1.73 bits per heavy atom. The number of fused-ring (bicyclic) bond motifs is 3. The van der Waals surface area contributed by atoms with E-state index in [-0.39, 0.29) is 0 Å². The Hall–Kier alpha value is -2.04. The van der Waals surface area contributed by atoms with Crippen LogP contribution in [0.15, 0.2) is 42.5 Å². The van der Waals surface area contributed by atoms with Gasteiger partial charge in [-0.05, 0) is 92.7 Å². The van der Waals surface area contributed by atoms with Crippen molar-refractivity contribution in [2.75, 3.05) is 39.3 Å². The summed E-state index contributed by atoms with van der Waals surface area (Å²) in [5.41, 5.74) is 4.17. The molecule has 1 N–H and O–H groups in total. The van der Waals surface area contributed by atoms with E-state index in [4.69, 9.17) is 4.74 Å². The second-order valence-corrected chi connectivity index (χ2v) is 9.19. The Balaban J connectivity index is 1.29. The standard InChI is InChI=1S/C26H34N2O2/c29-21-9-7-20(8-10-21)25-19-28-16-4-6-26(28)24-18-22(11-12-23(24)25)30-17-5-15-27-13-2-1-3-14-27/h7-12,18,25-26,29H,1-6,13-17,19H2/t25-,26+/m0/s1. The summed E-state index contributed by atoms with van der Waals surface area (Å²) >= 11 is 0. The van der Waals surface area contributed by atoms with Crippen LogP contribution in [0.25, 0.3) is 0 Å². The molecule has 2 saturated heterocycles. The minimum atomic E-state index is 0.335. The molecular formula is C26H34N2O2. The summed E-state index contributed by atoms with van der Waals surface area (Å²) in [7, 11) is 0. The lowest BCUT2D eigenvalue weighted by Crippen LogP contribution is -2.34. The molecule has 4 nitrogen and oxygen atoms in total. The molecule has 0 unspecified atom stereocenters. The van der Waals surface area contributed by atoms with Gasteiger partial charge in [-0.3, -0.25) is 4.90 Å². The van der Waals surface area contributed by atoms with Crippen LogP contribution in [-0.2, 0) is 0 Å². The van der Waals surface area contributed by atoms with Gasteiger partial charge in [-0.15, -0.1) is 0 Å². The third kappa shape index (κ3) is 4.21. The van der Waals surface area contributed by atoms with Gasteiger partial charge in [0, 0.05) is 25.0 Å². The van der Waals surface area contributed by atoms with Gasteiger partial charge in [0.15, 0.2) is 0 Å². The summed E-state index contributed by atoms with van der Waals surface area (Å²) in [5, 5.41) is 9.69. The molecule has 2 aromatic carbocycles. The number of nitrogens with zero attached hydrogens (tertiary/aromatic N) is 2. The lowest BCUT2D eigenvalue weighted by molar-refractivity contribution is 0.204. The van der Waals surface area contributed by atoms with E-state index in [1.165, 1.54) is 68.4 Å². The molecule has 2 atom stereocenters. The zero-order valence-corrected chi connectivity index (χ0v) is 17.9. The van der Waals surface area contributed by atoms with Crippen LogP contribution in [0, 0.1) is 0 Å². The lowest BCUT2D eigenvalue weighted by atomic mass is 9.81. The monoisotopic (exact) mass is 406 g/mol. The van der Waals surface area contributed by atoms with Crippen molar-refractivity contribution in [2.24, 2.45) is 0 Å². The van der Waals surface area contributed by atoms with Gasteiger partial charge in [-0.1, -0.05) is 24.6 Å². The Kier molecular flexibility index (Phi) is 5.96. The van der Waals surface area contributed by atoms with Gasteiger partial charge >= 0.3 is 0 Å². The first-order chi connectivity index (χ1) is 14.8. The topological polar surface area (TPSA) is 35.9 Å². The zero-order valence-electron chi connectivity index (χ0n) is 17.9. The third-order valence-corrected chi connectivity index (χ3v) is 7.20. The first kappa shape index (κ1) is 19.9. The van der Waals surface area contributed by atoms with E-state index in [1.807, 2.05) is 12.1 Å². The minimum absolute atomic E-state index is 0.335. The maximum Gasteiger partial charge on any atom is 0.119 e. The van der Waals surface area contributed by atoms with E-state index in [2.05, 4.69) is 40.1 Å². The van der Waals surface area contributed by atoms with Crippen molar-refractivity contribution in [2.45, 2.75) is 50.5 Å². The number of hydrogen-bond acceptors (Lipinski definition) is 4. The molecule has 5 rings (SSSR count). The second kappa shape index (κ2) is 8.99. The fraction of sp³-hybridized carbons (Fsp3) is 0.538. The molecule has 0 amide bonds. The SMILES string of the molecule is Oc1ccc([C@@H]2CN3CCC[C@@H]3c3cc(OCCCN4CCCCC4)ccc32)cc1. The molecule has 0 bridgehead atoms. The molecule has 2 aromatic rings. The highest BCUT2D eigenvalue weighted by Crippen LogP contribution is 2.45. The lowest BCUT2D eigenvalue weighted by Gasteiger charge is -2.37. The van der Waals surface area contributed by atoms with E-state index >= 15 is 0 Å². The molecule has 0 spiro atoms. The van der Waals surface area contributed by atoms with E-state index < -0.39 is 0 Å². The summed E-state index contributed by atoms with van der Waals surface area (Å²) in [6.07, 6.45) is 7.72. The number of likely N-dealkylation sites (tertiary alicyclic amines) is 1. The number of hydrogen-bond donors (Lipinski definition) is 1. The molecule has 0 saturated carbocycles. The second-order valence-electron chi connectivity index (χ2n) is 9.19. The predicted molar refractivity (Wildman–Crippen MR) is 120 cm³/mol. The predicted octanol–water partition coefficient (Wildman–Crippen LogP) is 4.93. The molecular weight excluding hydrogens is 372 g/mol. The highest BCUT2D eigenvalue weighted by molar-refractivity contribution is 5.47. The van der Waals surface area contributed by atoms with Crippen molar-refractivity contribution >= 4 is 0 Å². The highest BCUT2D eigenvalue weighted by Gasteiger charge is 2.36. The summed E-state index contributed by atoms with van der Waals surface area (Å²) in [5.74, 6) is 1.72. The van der Waals surface area contributed by atoms with Crippen LogP contribution in [0.1, 0.15) is 67.2 Å². The van der Waals surface area contributed by atoms with E-state index in [0.717, 1.165) is 31.9 Å². The maximum atomic E-state index is 9.69. The fourth-order valence-electron chi connectivity index (χ4n) is 5.63. The van der Waals surface area contributed by atoms with E-state index in [9.17, 15) is 5.11 Å². The fourth-order valence-corrected chi connectivity index (χ4v) is 5.63. The Morgan fingerprint density at radius 1 is 0.900 bits per heavy atom. The van der Waals surface area contributed by atoms with Crippen LogP contribution >= 0.6 is 0 Å². The largest absolute Gasteiger partial charge is 0.508 e. The average molecular weight is 407 g/mol. The van der Waals surface area contributed by atoms with Gasteiger partial charge < -0.3 is 14.7 Å². The van der Waals surface area contributed by atoms with Gasteiger partial charge in [0.1, 0.15) is 11.5 Å². The van der Waals surface area contributed by atoms with Crippen molar-refractivity contribution < 1.29 is 9.84 Å². The Morgan fingerprint density at radius 3 is 2.57 bits per heavy atom. The number of benzene rings is 2. The summed E-state index contributed by atoms with van der Waals surface area (Å²) in [6.45, 7) is 6.72. The average Bonchev–Trinajstić information content (AvgIpc) is 3.26. The van der Waals surface area contributed by atoms with E-state index in [1.54, 1.807) is 0 Å². The van der Waals surface area contributed by atoms with Crippen LogP contribution in [0.5, 0.6) is 11.5 Å². The zero-order chi connectivity index (χ0) is 20.3. The van der Waals surface area contributed by atoms with E-state index in [0.29, 0.717) is 17.7 Å². The maximum absolute atomic E-state index is 9.69. The number of phenolic OH excluding ortho intramolecular Hbond substituents is 1. The summed E-state index contributed by atoms with van der Waals surface area (Å²) in [6, 6.07) is 15.1. The van der Waals surface area contributed by atoms with Crippen LogP contribution in [-0.4, -0.2) is 54.2 Å². The number of ether oxygens (including phenoxy) is 1. The van der Waals surface area contributed by atoms with Crippen LogP contribution in [0.2, 0.25) is 0 Å². The van der Waals surface area contributed by atoms with Crippen molar-refractivity contribution in [3.05, 3.63) is 59.2 Å². The van der Waals surface area contributed by atoms with Gasteiger partial charge in [-0.2, -0.15) is 0 Å². The number of aromatic hydroxyl groups is 1. The van der Waals surface area contributed by atoms with Crippen LogP contribution < -0.4 is 4.74 Å². The van der Waals surface area contributed by atoms with Gasteiger partial charge in [0.2, 0.25) is 0 Å². The molecule has 3 heterocycles. The number of piperidine rings is 1. The molecule has 160 valence electrons. The molecule has 0 aromatic heterocycles. The molecule has 3 aliphatic heterocycles. The highest BCUT2D eigenvalue weighted by atomic mass is 16.5. The molecule has 0 aliphatic carbocycles. The van der Waals surface area contributed by atoms with Crippen molar-refractivity contribution in [1.82, 2.24) is 9.80 Å². The Bertz CT molecular complexity index is 845. The van der Waals surface area contributed by atoms with Crippen molar-refractivity contribution in [1.29, 1.82) is 0 Å². The van der Waals surface area contributed by atoms with Gasteiger partial charge in [0.25, 0.3) is 0 Å². The molecule has 4 heteroatoms. The molecule has 2 fully saturated rings. The summed E-state index contributed by atoms with van der Waals surface area (Å²) in [4.78, 5) is 5.22. The molecule has 30 heavy (non-hydrogen) atoms. The van der Waals surface area contributed by atoms with Crippen LogP contribution in [0.4, 0.5) is 0 Å². The van der Waals surface area contributed by atoms with Gasteiger partial charge in [-0.25, -0.2) is 0 Å². The Labute approximate surface area is 180 Å². The smallest absolute Gasteiger partial charge is 0.119 e. The molecule has 0 radical (unpaired) electrons. The quantitative estimate of drug-likeness (QED) is 0.690. The van der Waals surface area contributed by atoms with Crippen molar-refractivity contribution in [3.8, 4) is 11.5 Å². The molecule has 3 aliphatic rings. The first-order valence-electron chi connectivity index (χ1n) is 11.8.